The Balaban J connectivity index is 4.28. The van der Waals surface area contributed by atoms with E-state index < -0.39 is 0 Å². The maximum absolute atomic E-state index is 10.8. The number of unbranched alkanes of at least 4 members (excludes halogenated alkanes) is 9. The van der Waals surface area contributed by atoms with Crippen LogP contribution in [0.25, 0.3) is 0 Å². The summed E-state index contributed by atoms with van der Waals surface area (Å²) in [6, 6.07) is 0. The zero-order valence-corrected chi connectivity index (χ0v) is 20.8. The van der Waals surface area contributed by atoms with E-state index in [-0.39, 0.29) is 6.10 Å². The average Bonchev–Trinajstić information content (AvgIpc) is 2.75. The number of hydrogen-bond donors (Lipinski definition) is 1. The highest BCUT2D eigenvalue weighted by Crippen LogP contribution is 2.22. The smallest absolute Gasteiger partial charge is 0.0571 e. The molecule has 0 fully saturated rings. The van der Waals surface area contributed by atoms with Gasteiger partial charge in [-0.05, 0) is 83.0 Å². The van der Waals surface area contributed by atoms with Gasteiger partial charge in [-0.2, -0.15) is 0 Å². The van der Waals surface area contributed by atoms with Gasteiger partial charge in [0.15, 0.2) is 0 Å². The van der Waals surface area contributed by atoms with Crippen LogP contribution in [-0.4, -0.2) is 11.2 Å². The van der Waals surface area contributed by atoms with Gasteiger partial charge in [0, 0.05) is 0 Å². The molecule has 0 heterocycles. The van der Waals surface area contributed by atoms with Crippen LogP contribution in [0.3, 0.4) is 0 Å². The Labute approximate surface area is 190 Å². The molecule has 0 spiro atoms. The minimum atomic E-state index is -0.160. The Kier molecular flexibility index (Phi) is 23.8. The van der Waals surface area contributed by atoms with Crippen molar-refractivity contribution in [2.24, 2.45) is 5.92 Å². The van der Waals surface area contributed by atoms with Gasteiger partial charge in [-0.1, -0.05) is 95.8 Å². The summed E-state index contributed by atoms with van der Waals surface area (Å²) in [6.45, 7) is 6.77. The van der Waals surface area contributed by atoms with Crippen LogP contribution < -0.4 is 0 Å². The average molecular weight is 419 g/mol. The van der Waals surface area contributed by atoms with Crippen LogP contribution in [0.5, 0.6) is 0 Å². The van der Waals surface area contributed by atoms with Gasteiger partial charge in [0.1, 0.15) is 0 Å². The van der Waals surface area contributed by atoms with Gasteiger partial charge in [0.25, 0.3) is 0 Å². The molecule has 0 amide bonds. The van der Waals surface area contributed by atoms with Gasteiger partial charge in [0.05, 0.1) is 6.10 Å². The van der Waals surface area contributed by atoms with Crippen LogP contribution in [0.2, 0.25) is 0 Å². The van der Waals surface area contributed by atoms with Crippen molar-refractivity contribution in [2.45, 2.75) is 142 Å². The van der Waals surface area contributed by atoms with E-state index in [4.69, 9.17) is 0 Å². The minimum Gasteiger partial charge on any atom is -0.393 e. The Morgan fingerprint density at radius 3 is 1.17 bits per heavy atom. The van der Waals surface area contributed by atoms with Gasteiger partial charge in [-0.25, -0.2) is 0 Å². The number of aliphatic hydroxyl groups excluding tert-OH is 1. The van der Waals surface area contributed by atoms with Crippen molar-refractivity contribution in [3.63, 3.8) is 0 Å². The van der Waals surface area contributed by atoms with Crippen molar-refractivity contribution in [1.82, 2.24) is 0 Å². The van der Waals surface area contributed by atoms with Crippen molar-refractivity contribution >= 4 is 0 Å². The van der Waals surface area contributed by atoms with Crippen molar-refractivity contribution in [2.75, 3.05) is 0 Å². The normalized spacial score (nSPS) is 13.5. The first-order valence-electron chi connectivity index (χ1n) is 13.4. The molecule has 0 aromatic carbocycles. The highest BCUT2D eigenvalue weighted by atomic mass is 16.3. The molecule has 1 heteroatoms. The third kappa shape index (κ3) is 20.5. The predicted molar refractivity (Wildman–Crippen MR) is 137 cm³/mol. The summed E-state index contributed by atoms with van der Waals surface area (Å²) in [5.41, 5.74) is 0. The third-order valence-corrected chi connectivity index (χ3v) is 6.00. The number of rotatable bonds is 22. The van der Waals surface area contributed by atoms with Crippen LogP contribution in [-0.2, 0) is 0 Å². The quantitative estimate of drug-likeness (QED) is 0.137. The number of hydrogen-bond acceptors (Lipinski definition) is 1. The second kappa shape index (κ2) is 24.4. The number of allylic oxidation sites excluding steroid dienone is 6. The summed E-state index contributed by atoms with van der Waals surface area (Å²) in [6.07, 6.45) is 35.7. The molecule has 0 bridgehead atoms. The summed E-state index contributed by atoms with van der Waals surface area (Å²) in [7, 11) is 0. The molecular formula is C29H54O. The fourth-order valence-corrected chi connectivity index (χ4v) is 3.90. The van der Waals surface area contributed by atoms with Gasteiger partial charge < -0.3 is 5.11 Å². The SMILES string of the molecule is CCCCC/C=C\CCC(O)C(CC/C=C\CCCCC)CC/C=C\CCCCC. The Morgan fingerprint density at radius 1 is 0.467 bits per heavy atom. The molecule has 0 aliphatic heterocycles. The first-order valence-corrected chi connectivity index (χ1v) is 13.4. The highest BCUT2D eigenvalue weighted by Gasteiger charge is 2.17. The van der Waals surface area contributed by atoms with E-state index in [2.05, 4.69) is 57.2 Å². The van der Waals surface area contributed by atoms with Gasteiger partial charge in [-0.3, -0.25) is 0 Å². The second-order valence-electron chi connectivity index (χ2n) is 8.96. The van der Waals surface area contributed by atoms with Crippen molar-refractivity contribution in [3.05, 3.63) is 36.5 Å². The summed E-state index contributed by atoms with van der Waals surface area (Å²) in [5.74, 6) is 0.430. The fraction of sp³-hybridized carbons (Fsp3) is 0.793. The molecule has 30 heavy (non-hydrogen) atoms. The van der Waals surface area contributed by atoms with E-state index in [1.165, 1.54) is 77.0 Å². The largest absolute Gasteiger partial charge is 0.393 e. The predicted octanol–water partition coefficient (Wildman–Crippen LogP) is 9.71. The van der Waals surface area contributed by atoms with E-state index in [1.807, 2.05) is 0 Å². The Bertz CT molecular complexity index is 383. The van der Waals surface area contributed by atoms with Crippen LogP contribution in [0.4, 0.5) is 0 Å². The molecular weight excluding hydrogens is 364 g/mol. The molecule has 0 radical (unpaired) electrons. The van der Waals surface area contributed by atoms with Gasteiger partial charge in [-0.15, -0.1) is 0 Å². The van der Waals surface area contributed by atoms with E-state index in [1.54, 1.807) is 0 Å². The summed E-state index contributed by atoms with van der Waals surface area (Å²) >= 11 is 0. The molecule has 1 atom stereocenters. The summed E-state index contributed by atoms with van der Waals surface area (Å²) < 4.78 is 0. The molecule has 0 aromatic rings. The van der Waals surface area contributed by atoms with E-state index in [0.29, 0.717) is 5.92 Å². The minimum absolute atomic E-state index is 0.160. The maximum atomic E-state index is 10.8. The van der Waals surface area contributed by atoms with Crippen LogP contribution in [0.15, 0.2) is 36.5 Å². The third-order valence-electron chi connectivity index (χ3n) is 6.00. The molecule has 1 nitrogen and oxygen atoms in total. The maximum Gasteiger partial charge on any atom is 0.0571 e. The van der Waals surface area contributed by atoms with Crippen molar-refractivity contribution < 1.29 is 5.11 Å². The van der Waals surface area contributed by atoms with Crippen molar-refractivity contribution in [1.29, 1.82) is 0 Å². The first-order chi connectivity index (χ1) is 14.8. The Hall–Kier alpha value is -0.820. The highest BCUT2D eigenvalue weighted by molar-refractivity contribution is 4.88. The summed E-state index contributed by atoms with van der Waals surface area (Å²) in [5, 5.41) is 10.8. The summed E-state index contributed by atoms with van der Waals surface area (Å²) in [4.78, 5) is 0. The molecule has 1 unspecified atom stereocenters. The Morgan fingerprint density at radius 2 is 0.800 bits per heavy atom. The lowest BCUT2D eigenvalue weighted by atomic mass is 9.89. The zero-order valence-electron chi connectivity index (χ0n) is 20.8. The molecule has 0 aromatic heterocycles. The topological polar surface area (TPSA) is 20.2 Å². The lowest BCUT2D eigenvalue weighted by Gasteiger charge is -2.22. The molecule has 0 saturated carbocycles. The first kappa shape index (κ1) is 29.2. The lowest BCUT2D eigenvalue weighted by Crippen LogP contribution is -2.20. The molecule has 0 aliphatic carbocycles. The van der Waals surface area contributed by atoms with Gasteiger partial charge >= 0.3 is 0 Å². The molecule has 176 valence electrons. The fourth-order valence-electron chi connectivity index (χ4n) is 3.90. The second-order valence-corrected chi connectivity index (χ2v) is 8.96. The van der Waals surface area contributed by atoms with E-state index in [0.717, 1.165) is 38.5 Å². The van der Waals surface area contributed by atoms with E-state index in [9.17, 15) is 5.11 Å². The zero-order chi connectivity index (χ0) is 22.1. The van der Waals surface area contributed by atoms with Crippen molar-refractivity contribution in [3.8, 4) is 0 Å². The van der Waals surface area contributed by atoms with Crippen LogP contribution in [0.1, 0.15) is 136 Å². The molecule has 0 saturated heterocycles. The standard InChI is InChI=1S/C29H54O/c1-4-7-10-13-16-19-22-25-28(26-23-20-17-14-11-8-5-2)29(30)27-24-21-18-15-12-9-6-3/h16-21,28-30H,4-15,22-27H2,1-3H3/b19-16-,20-17-,21-18-. The van der Waals surface area contributed by atoms with Crippen LogP contribution >= 0.6 is 0 Å². The molecule has 0 aliphatic rings. The van der Waals surface area contributed by atoms with Crippen LogP contribution in [0, 0.1) is 5.92 Å². The molecule has 1 N–H and O–H groups in total. The van der Waals surface area contributed by atoms with Gasteiger partial charge in [0.2, 0.25) is 0 Å². The number of aliphatic hydroxyl groups is 1. The van der Waals surface area contributed by atoms with E-state index >= 15 is 0 Å². The monoisotopic (exact) mass is 418 g/mol. The molecule has 0 rings (SSSR count). The lowest BCUT2D eigenvalue weighted by molar-refractivity contribution is 0.0908.